The Morgan fingerprint density at radius 2 is 1.42 bits per heavy atom. The summed E-state index contributed by atoms with van der Waals surface area (Å²) in [6, 6.07) is 8.60. The molecule has 172 valence electrons. The Bertz CT molecular complexity index is 812. The molecule has 3 atom stereocenters. The number of rotatable bonds is 12. The van der Waals surface area contributed by atoms with Crippen molar-refractivity contribution in [1.29, 1.82) is 0 Å². The average molecular weight is 435 g/mol. The third kappa shape index (κ3) is 6.67. The second kappa shape index (κ2) is 11.7. The maximum absolute atomic E-state index is 10.7. The normalized spacial score (nSPS) is 14.0. The summed E-state index contributed by atoms with van der Waals surface area (Å²) in [5.41, 5.74) is 1.82. The van der Waals surface area contributed by atoms with Gasteiger partial charge >= 0.3 is 0 Å². The number of phenols is 2. The highest BCUT2D eigenvalue weighted by Crippen LogP contribution is 2.37. The molecule has 7 heteroatoms. The van der Waals surface area contributed by atoms with Gasteiger partial charge in [0.1, 0.15) is 0 Å². The molecule has 2 aromatic rings. The van der Waals surface area contributed by atoms with E-state index in [1.807, 2.05) is 13.0 Å². The quantitative estimate of drug-likeness (QED) is 0.405. The van der Waals surface area contributed by atoms with E-state index in [4.69, 9.17) is 14.2 Å². The molecule has 0 fully saturated rings. The van der Waals surface area contributed by atoms with Gasteiger partial charge < -0.3 is 34.6 Å². The molecule has 0 radical (unpaired) electrons. The molecule has 2 aromatic carbocycles. The second-order valence-electron chi connectivity index (χ2n) is 7.72. The molecule has 0 unspecified atom stereocenters. The van der Waals surface area contributed by atoms with Crippen molar-refractivity contribution in [3.8, 4) is 28.7 Å². The van der Waals surface area contributed by atoms with Crippen LogP contribution < -0.4 is 14.2 Å². The molecule has 31 heavy (non-hydrogen) atoms. The number of ether oxygens (including phenoxy) is 3. The lowest BCUT2D eigenvalue weighted by atomic mass is 9.88. The molecule has 0 spiro atoms. The largest absolute Gasteiger partial charge is 0.504 e. The van der Waals surface area contributed by atoms with Gasteiger partial charge in [0.2, 0.25) is 5.75 Å². The fourth-order valence-electron chi connectivity index (χ4n) is 3.72. The summed E-state index contributed by atoms with van der Waals surface area (Å²) < 4.78 is 15.5. The van der Waals surface area contributed by atoms with Crippen molar-refractivity contribution in [1.82, 2.24) is 0 Å². The molecule has 0 aromatic heterocycles. The minimum Gasteiger partial charge on any atom is -0.504 e. The molecule has 0 aliphatic rings. The van der Waals surface area contributed by atoms with Crippen LogP contribution in [0.1, 0.15) is 37.3 Å². The van der Waals surface area contributed by atoms with Crippen LogP contribution in [0.3, 0.4) is 0 Å². The summed E-state index contributed by atoms with van der Waals surface area (Å²) in [7, 11) is 4.44. The van der Waals surface area contributed by atoms with E-state index in [1.54, 1.807) is 24.3 Å². The van der Waals surface area contributed by atoms with E-state index in [9.17, 15) is 20.4 Å². The first kappa shape index (κ1) is 24.6. The lowest BCUT2D eigenvalue weighted by molar-refractivity contribution is 0.0390. The Hall–Kier alpha value is -2.64. The number of benzene rings is 2. The van der Waals surface area contributed by atoms with Gasteiger partial charge in [-0.1, -0.05) is 19.4 Å². The highest BCUT2D eigenvalue weighted by atomic mass is 16.5. The van der Waals surface area contributed by atoms with E-state index >= 15 is 0 Å². The number of hydrogen-bond donors (Lipinski definition) is 4. The Kier molecular flexibility index (Phi) is 9.27. The van der Waals surface area contributed by atoms with Gasteiger partial charge in [-0.3, -0.25) is 0 Å². The monoisotopic (exact) mass is 434 g/mol. The molecule has 0 aliphatic heterocycles. The fourth-order valence-corrected chi connectivity index (χ4v) is 3.72. The number of aromatic hydroxyl groups is 2. The van der Waals surface area contributed by atoms with Crippen LogP contribution in [0.5, 0.6) is 28.7 Å². The van der Waals surface area contributed by atoms with Crippen LogP contribution in [0.2, 0.25) is 0 Å². The molecule has 0 saturated heterocycles. The number of phenolic OH excluding ortho intramolecular Hbond substituents is 2. The molecule has 0 heterocycles. The van der Waals surface area contributed by atoms with Crippen LogP contribution in [0.15, 0.2) is 30.3 Å². The average Bonchev–Trinajstić information content (AvgIpc) is 2.77. The maximum Gasteiger partial charge on any atom is 0.200 e. The van der Waals surface area contributed by atoms with E-state index in [1.165, 1.54) is 21.3 Å². The predicted octanol–water partition coefficient (Wildman–Crippen LogP) is 3.44. The molecule has 4 N–H and O–H groups in total. The zero-order valence-electron chi connectivity index (χ0n) is 18.7. The van der Waals surface area contributed by atoms with E-state index in [-0.39, 0.29) is 23.8 Å². The molecule has 2 rings (SSSR count). The van der Waals surface area contributed by atoms with Gasteiger partial charge in [-0.05, 0) is 67.0 Å². The summed E-state index contributed by atoms with van der Waals surface area (Å²) >= 11 is 0. The summed E-state index contributed by atoms with van der Waals surface area (Å²) in [4.78, 5) is 0. The Balaban J connectivity index is 1.95. The number of hydrogen-bond acceptors (Lipinski definition) is 7. The third-order valence-electron chi connectivity index (χ3n) is 5.63. The number of aliphatic hydroxyl groups excluding tert-OH is 2. The van der Waals surface area contributed by atoms with Gasteiger partial charge in [-0.15, -0.1) is 0 Å². The van der Waals surface area contributed by atoms with Crippen molar-refractivity contribution in [3.05, 3.63) is 41.5 Å². The van der Waals surface area contributed by atoms with E-state index < -0.39 is 12.2 Å². The first-order chi connectivity index (χ1) is 14.8. The zero-order valence-corrected chi connectivity index (χ0v) is 18.7. The topological polar surface area (TPSA) is 109 Å². The van der Waals surface area contributed by atoms with Gasteiger partial charge in [0.05, 0.1) is 33.5 Å². The minimum absolute atomic E-state index is 0.0299. The van der Waals surface area contributed by atoms with Gasteiger partial charge in [0, 0.05) is 0 Å². The second-order valence-corrected chi connectivity index (χ2v) is 7.72. The van der Waals surface area contributed by atoms with Crippen LogP contribution in [-0.2, 0) is 12.8 Å². The molecular formula is C24H34O7. The molecule has 0 saturated carbocycles. The first-order valence-electron chi connectivity index (χ1n) is 10.5. The summed E-state index contributed by atoms with van der Waals surface area (Å²) in [5, 5.41) is 41.0. The summed E-state index contributed by atoms with van der Waals surface area (Å²) in [6.07, 6.45) is 1.30. The fraction of sp³-hybridized carbons (Fsp3) is 0.500. The first-order valence-corrected chi connectivity index (χ1v) is 10.5. The minimum atomic E-state index is -0.677. The molecular weight excluding hydrogens is 400 g/mol. The van der Waals surface area contributed by atoms with Crippen LogP contribution in [0.25, 0.3) is 0 Å². The van der Waals surface area contributed by atoms with Crippen molar-refractivity contribution in [3.63, 3.8) is 0 Å². The highest BCUT2D eigenvalue weighted by molar-refractivity contribution is 5.52. The van der Waals surface area contributed by atoms with Crippen molar-refractivity contribution in [2.24, 2.45) is 5.92 Å². The molecule has 0 bridgehead atoms. The van der Waals surface area contributed by atoms with Crippen molar-refractivity contribution >= 4 is 0 Å². The SMILES string of the molecule is CC[C@H](Cc1ccc(O)c(OC)c1)[C@H](O)C[C@@H](O)CCc1cc(OC)c(O)c(OC)c1. The van der Waals surface area contributed by atoms with Crippen LogP contribution in [0.4, 0.5) is 0 Å². The van der Waals surface area contributed by atoms with E-state index in [0.717, 1.165) is 17.5 Å². The molecule has 0 amide bonds. The third-order valence-corrected chi connectivity index (χ3v) is 5.63. The molecule has 0 aliphatic carbocycles. The highest BCUT2D eigenvalue weighted by Gasteiger charge is 2.22. The van der Waals surface area contributed by atoms with Crippen molar-refractivity contribution in [2.75, 3.05) is 21.3 Å². The zero-order chi connectivity index (χ0) is 23.0. The number of methoxy groups -OCH3 is 3. The Morgan fingerprint density at radius 3 is 1.97 bits per heavy atom. The Morgan fingerprint density at radius 1 is 0.839 bits per heavy atom. The lowest BCUT2D eigenvalue weighted by Gasteiger charge is -2.24. The standard InChI is InChI=1S/C24H34O7/c1-5-17(10-15-7-9-19(26)21(11-15)29-2)20(27)14-18(25)8-6-16-12-22(30-3)24(28)23(13-16)31-4/h7,9,11-13,17-18,20,25-28H,5-6,8,10,14H2,1-4H3/t17-,18+,20-/m1/s1. The van der Waals surface area contributed by atoms with Crippen LogP contribution >= 0.6 is 0 Å². The Labute approximate surface area is 183 Å². The van der Waals surface area contributed by atoms with E-state index in [2.05, 4.69) is 0 Å². The molecule has 7 nitrogen and oxygen atoms in total. The van der Waals surface area contributed by atoms with E-state index in [0.29, 0.717) is 36.5 Å². The van der Waals surface area contributed by atoms with Gasteiger partial charge in [-0.25, -0.2) is 0 Å². The maximum atomic E-state index is 10.7. The van der Waals surface area contributed by atoms with Gasteiger partial charge in [0.25, 0.3) is 0 Å². The predicted molar refractivity (Wildman–Crippen MR) is 118 cm³/mol. The lowest BCUT2D eigenvalue weighted by Crippen LogP contribution is -2.27. The summed E-state index contributed by atoms with van der Waals surface area (Å²) in [5.74, 6) is 1.04. The summed E-state index contributed by atoms with van der Waals surface area (Å²) in [6.45, 7) is 2.01. The van der Waals surface area contributed by atoms with Crippen LogP contribution in [-0.4, -0.2) is 54.0 Å². The van der Waals surface area contributed by atoms with Crippen LogP contribution in [0, 0.1) is 5.92 Å². The van der Waals surface area contributed by atoms with Gasteiger partial charge in [-0.2, -0.15) is 0 Å². The van der Waals surface area contributed by atoms with Gasteiger partial charge in [0.15, 0.2) is 23.0 Å². The van der Waals surface area contributed by atoms with Crippen molar-refractivity contribution in [2.45, 2.75) is 51.2 Å². The number of aliphatic hydroxyl groups is 2. The smallest absolute Gasteiger partial charge is 0.200 e. The van der Waals surface area contributed by atoms with Crippen molar-refractivity contribution < 1.29 is 34.6 Å². The number of aryl methyl sites for hydroxylation is 1.